The molecule has 2 aromatic heterocycles. The molecule has 0 spiro atoms. The highest BCUT2D eigenvalue weighted by atomic mass is 16.5. The van der Waals surface area contributed by atoms with Gasteiger partial charge in [0.2, 0.25) is 11.8 Å². The van der Waals surface area contributed by atoms with Crippen molar-refractivity contribution < 1.29 is 8.94 Å². The van der Waals surface area contributed by atoms with Gasteiger partial charge in [-0.2, -0.15) is 4.98 Å². The molecule has 0 N–H and O–H groups in total. The second-order valence-electron chi connectivity index (χ2n) is 6.99. The molecule has 0 aromatic carbocycles. The Kier molecular flexibility index (Phi) is 4.37. The molecule has 2 fully saturated rings. The van der Waals surface area contributed by atoms with Crippen molar-refractivity contribution in [1.29, 1.82) is 0 Å². The fraction of sp³-hybridized carbons (Fsp3) is 0.706. The van der Waals surface area contributed by atoms with Crippen LogP contribution in [0.3, 0.4) is 0 Å². The van der Waals surface area contributed by atoms with Crippen molar-refractivity contribution in [3.63, 3.8) is 0 Å². The Bertz CT molecular complexity index is 678. The molecule has 7 heteroatoms. The normalized spacial score (nSPS) is 21.9. The summed E-state index contributed by atoms with van der Waals surface area (Å²) in [4.78, 5) is 13.6. The molecule has 130 valence electrons. The summed E-state index contributed by atoms with van der Waals surface area (Å²) in [6.07, 6.45) is 6.27. The number of aromatic nitrogens is 3. The Morgan fingerprint density at radius 3 is 2.92 bits per heavy atom. The van der Waals surface area contributed by atoms with E-state index < -0.39 is 0 Å². The summed E-state index contributed by atoms with van der Waals surface area (Å²) in [5.74, 6) is 3.95. The first-order valence-electron chi connectivity index (χ1n) is 8.90. The molecular formula is C17H25N5O2. The van der Waals surface area contributed by atoms with Gasteiger partial charge in [-0.3, -0.25) is 9.80 Å². The number of hydrogen-bond donors (Lipinski definition) is 0. The van der Waals surface area contributed by atoms with Crippen LogP contribution in [0, 0.1) is 0 Å². The van der Waals surface area contributed by atoms with Gasteiger partial charge < -0.3 is 8.94 Å². The lowest BCUT2D eigenvalue weighted by atomic mass is 10.2. The van der Waals surface area contributed by atoms with Crippen molar-refractivity contribution in [1.82, 2.24) is 24.9 Å². The molecule has 3 heterocycles. The van der Waals surface area contributed by atoms with Crippen LogP contribution in [0.15, 0.2) is 15.1 Å². The number of oxazole rings is 1. The van der Waals surface area contributed by atoms with Crippen LogP contribution in [-0.4, -0.2) is 51.1 Å². The van der Waals surface area contributed by atoms with Crippen molar-refractivity contribution in [2.24, 2.45) is 0 Å². The van der Waals surface area contributed by atoms with Gasteiger partial charge in [0.15, 0.2) is 5.82 Å². The third-order valence-electron chi connectivity index (χ3n) is 4.99. The lowest BCUT2D eigenvalue weighted by Crippen LogP contribution is -2.34. The van der Waals surface area contributed by atoms with Crippen molar-refractivity contribution in [3.05, 3.63) is 29.6 Å². The summed E-state index contributed by atoms with van der Waals surface area (Å²) in [6.45, 7) is 5.66. The van der Waals surface area contributed by atoms with Crippen molar-refractivity contribution in [2.75, 3.05) is 20.1 Å². The zero-order chi connectivity index (χ0) is 16.5. The van der Waals surface area contributed by atoms with Gasteiger partial charge in [-0.05, 0) is 26.3 Å². The average molecular weight is 331 g/mol. The van der Waals surface area contributed by atoms with Gasteiger partial charge in [-0.25, -0.2) is 4.98 Å². The zero-order valence-electron chi connectivity index (χ0n) is 14.4. The van der Waals surface area contributed by atoms with Gasteiger partial charge in [0.1, 0.15) is 5.76 Å². The Balaban J connectivity index is 1.28. The molecular weight excluding hydrogens is 306 g/mol. The molecule has 2 aromatic rings. The standard InChI is InChI=1S/C17H25N5O2/c1-3-14-8-18-15(23-14)10-21(2)13-6-7-22(9-13)11-16-19-17(20-24-16)12-4-5-12/h8,12-13H,3-7,9-11H2,1-2H3/t13-/m1/s1. The van der Waals surface area contributed by atoms with Gasteiger partial charge in [0.05, 0.1) is 19.3 Å². The maximum absolute atomic E-state index is 5.72. The minimum atomic E-state index is 0.507. The third kappa shape index (κ3) is 3.52. The van der Waals surface area contributed by atoms with Crippen LogP contribution in [0.25, 0.3) is 0 Å². The zero-order valence-corrected chi connectivity index (χ0v) is 14.4. The summed E-state index contributed by atoms with van der Waals surface area (Å²) < 4.78 is 11.1. The van der Waals surface area contributed by atoms with Crippen LogP contribution < -0.4 is 0 Å². The van der Waals surface area contributed by atoms with Gasteiger partial charge in [0, 0.05) is 31.5 Å². The Morgan fingerprint density at radius 2 is 2.17 bits per heavy atom. The van der Waals surface area contributed by atoms with E-state index in [0.717, 1.165) is 62.4 Å². The third-order valence-corrected chi connectivity index (χ3v) is 4.99. The molecule has 0 radical (unpaired) electrons. The van der Waals surface area contributed by atoms with Crippen molar-refractivity contribution in [2.45, 2.75) is 57.7 Å². The maximum atomic E-state index is 5.72. The van der Waals surface area contributed by atoms with Crippen molar-refractivity contribution in [3.8, 4) is 0 Å². The molecule has 1 aliphatic heterocycles. The monoisotopic (exact) mass is 331 g/mol. The molecule has 0 unspecified atom stereocenters. The predicted octanol–water partition coefficient (Wildman–Crippen LogP) is 2.20. The first kappa shape index (κ1) is 15.8. The van der Waals surface area contributed by atoms with E-state index in [-0.39, 0.29) is 0 Å². The van der Waals surface area contributed by atoms with E-state index >= 15 is 0 Å². The van der Waals surface area contributed by atoms with Crippen molar-refractivity contribution >= 4 is 0 Å². The van der Waals surface area contributed by atoms with Crippen LogP contribution in [0.5, 0.6) is 0 Å². The summed E-state index contributed by atoms with van der Waals surface area (Å²) in [5.41, 5.74) is 0. The number of rotatable bonds is 7. The van der Waals surface area contributed by atoms with Gasteiger partial charge in [0.25, 0.3) is 0 Å². The SMILES string of the molecule is CCc1cnc(CN(C)[C@@H]2CCN(Cc3nc(C4CC4)no3)C2)o1. The molecule has 7 nitrogen and oxygen atoms in total. The average Bonchev–Trinajstić information content (AvgIpc) is 3.00. The second-order valence-corrected chi connectivity index (χ2v) is 6.99. The first-order chi connectivity index (χ1) is 11.7. The van der Waals surface area contributed by atoms with Gasteiger partial charge in [-0.1, -0.05) is 12.1 Å². The van der Waals surface area contributed by atoms with Crippen LogP contribution in [-0.2, 0) is 19.5 Å². The van der Waals surface area contributed by atoms with E-state index in [9.17, 15) is 0 Å². The highest BCUT2D eigenvalue weighted by Crippen LogP contribution is 2.38. The van der Waals surface area contributed by atoms with E-state index in [0.29, 0.717) is 12.0 Å². The Morgan fingerprint density at radius 1 is 1.29 bits per heavy atom. The summed E-state index contributed by atoms with van der Waals surface area (Å²) in [5, 5.41) is 4.10. The molecule has 1 aliphatic carbocycles. The molecule has 2 aliphatic rings. The number of nitrogens with zero attached hydrogens (tertiary/aromatic N) is 5. The molecule has 0 amide bonds. The number of aryl methyl sites for hydroxylation is 1. The van der Waals surface area contributed by atoms with Crippen LogP contribution in [0.4, 0.5) is 0 Å². The molecule has 1 saturated carbocycles. The quantitative estimate of drug-likeness (QED) is 0.770. The van der Waals surface area contributed by atoms with Crippen LogP contribution in [0.1, 0.15) is 55.5 Å². The lowest BCUT2D eigenvalue weighted by Gasteiger charge is -2.23. The van der Waals surface area contributed by atoms with Gasteiger partial charge in [-0.15, -0.1) is 0 Å². The fourth-order valence-electron chi connectivity index (χ4n) is 3.27. The number of likely N-dealkylation sites (N-methyl/N-ethyl adjacent to an activating group) is 1. The topological polar surface area (TPSA) is 71.4 Å². The molecule has 24 heavy (non-hydrogen) atoms. The van der Waals surface area contributed by atoms with Crippen LogP contribution in [0.2, 0.25) is 0 Å². The van der Waals surface area contributed by atoms with Crippen LogP contribution >= 0.6 is 0 Å². The molecule has 1 saturated heterocycles. The Labute approximate surface area is 142 Å². The van der Waals surface area contributed by atoms with E-state index in [1.807, 2.05) is 6.20 Å². The number of hydrogen-bond acceptors (Lipinski definition) is 7. The summed E-state index contributed by atoms with van der Waals surface area (Å²) in [7, 11) is 2.14. The second kappa shape index (κ2) is 6.64. The number of likely N-dealkylation sites (tertiary alicyclic amines) is 1. The fourth-order valence-corrected chi connectivity index (χ4v) is 3.27. The summed E-state index contributed by atoms with van der Waals surface area (Å²) in [6, 6.07) is 0.507. The molecule has 1 atom stereocenters. The summed E-state index contributed by atoms with van der Waals surface area (Å²) >= 11 is 0. The van der Waals surface area contributed by atoms with E-state index in [1.54, 1.807) is 0 Å². The minimum absolute atomic E-state index is 0.507. The Hall–Kier alpha value is -1.73. The predicted molar refractivity (Wildman–Crippen MR) is 87.3 cm³/mol. The highest BCUT2D eigenvalue weighted by molar-refractivity contribution is 5.03. The van der Waals surface area contributed by atoms with E-state index in [2.05, 4.69) is 38.9 Å². The highest BCUT2D eigenvalue weighted by Gasteiger charge is 2.30. The molecule has 0 bridgehead atoms. The van der Waals surface area contributed by atoms with E-state index in [4.69, 9.17) is 8.94 Å². The maximum Gasteiger partial charge on any atom is 0.240 e. The molecule has 4 rings (SSSR count). The minimum Gasteiger partial charge on any atom is -0.444 e. The smallest absolute Gasteiger partial charge is 0.240 e. The van der Waals surface area contributed by atoms with Gasteiger partial charge >= 0.3 is 0 Å². The largest absolute Gasteiger partial charge is 0.444 e. The lowest BCUT2D eigenvalue weighted by molar-refractivity contribution is 0.197. The van der Waals surface area contributed by atoms with E-state index in [1.165, 1.54) is 12.8 Å². The first-order valence-corrected chi connectivity index (χ1v) is 8.90.